The average molecular weight is 712 g/mol. The number of rotatable bonds is 7. The molecular weight excluding hydrogens is 669 g/mol. The molecule has 10 aromatic rings. The van der Waals surface area contributed by atoms with Gasteiger partial charge in [0.05, 0.1) is 23.4 Å². The molecule has 0 fully saturated rings. The van der Waals surface area contributed by atoms with Crippen LogP contribution in [-0.2, 0) is 0 Å². The van der Waals surface area contributed by atoms with Gasteiger partial charge in [-0.05, 0) is 57.6 Å². The van der Waals surface area contributed by atoms with Crippen LogP contribution in [0, 0.1) is 0 Å². The number of hydrogen-bond donors (Lipinski definition) is 0. The minimum absolute atomic E-state index is 0.0882. The fraction of sp³-hybridized carbons (Fsp3) is 0. The van der Waals surface area contributed by atoms with Crippen LogP contribution in [0.3, 0.4) is 0 Å². The van der Waals surface area contributed by atoms with Crippen LogP contribution in [-0.4, -0.2) is 19.5 Å². The smallest absolute Gasteiger partial charge is 0.166 e. The van der Waals surface area contributed by atoms with Gasteiger partial charge in [-0.1, -0.05) is 182 Å². The van der Waals surface area contributed by atoms with E-state index in [1.54, 1.807) is 4.57 Å². The van der Waals surface area contributed by atoms with Gasteiger partial charge < -0.3 is 4.57 Å². The lowest BCUT2D eigenvalue weighted by Gasteiger charge is -2.13. The maximum atomic E-state index is 9.43. The second-order valence-corrected chi connectivity index (χ2v) is 13.0. The van der Waals surface area contributed by atoms with E-state index < -0.39 is 59.9 Å². The molecular formula is C51H34N4. The topological polar surface area (TPSA) is 43.6 Å². The van der Waals surface area contributed by atoms with Crippen LogP contribution in [0.15, 0.2) is 206 Å². The second-order valence-electron chi connectivity index (χ2n) is 13.0. The van der Waals surface area contributed by atoms with Crippen molar-refractivity contribution in [3.05, 3.63) is 206 Å². The minimum atomic E-state index is -0.639. The van der Waals surface area contributed by atoms with E-state index in [-0.39, 0.29) is 11.3 Å². The Bertz CT molecular complexity index is 3410. The molecule has 2 aromatic heterocycles. The average Bonchev–Trinajstić information content (AvgIpc) is 3.68. The summed E-state index contributed by atoms with van der Waals surface area (Å²) in [5, 5.41) is 1.52. The molecule has 0 aliphatic carbocycles. The summed E-state index contributed by atoms with van der Waals surface area (Å²) >= 11 is 0. The lowest BCUT2D eigenvalue weighted by atomic mass is 9.99. The number of para-hydroxylation sites is 2. The Hall–Kier alpha value is -7.43. The summed E-state index contributed by atoms with van der Waals surface area (Å²) in [6.45, 7) is 0. The molecule has 2 heterocycles. The summed E-state index contributed by atoms with van der Waals surface area (Å²) in [6, 6.07) is 44.2. The van der Waals surface area contributed by atoms with Crippen LogP contribution in [0.25, 0.3) is 95.0 Å². The maximum Gasteiger partial charge on any atom is 0.166 e. The van der Waals surface area contributed by atoms with E-state index in [9.17, 15) is 5.48 Å². The zero-order valence-electron chi connectivity index (χ0n) is 38.2. The van der Waals surface area contributed by atoms with Crippen molar-refractivity contribution in [3.63, 3.8) is 0 Å². The number of fused-ring (bicyclic) bond motifs is 3. The largest absolute Gasteiger partial charge is 0.308 e. The van der Waals surface area contributed by atoms with Crippen LogP contribution >= 0.6 is 0 Å². The first-order valence-electron chi connectivity index (χ1n) is 22.3. The standard InChI is InChI=1S/C51H34N4/c1-4-13-35(14-5-1)37-23-25-38(26-24-37)39-27-29-42(30-28-39)50-52-49(41-17-8-3-9-18-41)53-51(54-50)46-21-12-20-45-44-19-10-11-22-47(44)55(48(45)46)43-33-31-40(32-34-43)36-15-6-2-7-16-36/h1-34H/i2D,6D,7D,15D,16D,31D,32D,33D,34D. The molecule has 4 nitrogen and oxygen atoms in total. The molecule has 0 spiro atoms. The number of nitrogens with zero attached hydrogens (tertiary/aromatic N) is 4. The molecule has 55 heavy (non-hydrogen) atoms. The highest BCUT2D eigenvalue weighted by Crippen LogP contribution is 2.38. The number of aromatic nitrogens is 4. The molecule has 8 aromatic carbocycles. The van der Waals surface area contributed by atoms with E-state index in [4.69, 9.17) is 21.8 Å². The normalized spacial score (nSPS) is 13.6. The van der Waals surface area contributed by atoms with Crippen LogP contribution in [0.5, 0.6) is 0 Å². The summed E-state index contributed by atoms with van der Waals surface area (Å²) in [4.78, 5) is 15.1. The van der Waals surface area contributed by atoms with Gasteiger partial charge in [0.2, 0.25) is 0 Å². The highest BCUT2D eigenvalue weighted by atomic mass is 15.0. The van der Waals surface area contributed by atoms with Crippen molar-refractivity contribution in [1.29, 1.82) is 0 Å². The molecule has 0 atom stereocenters. The molecule has 0 bridgehead atoms. The third-order valence-corrected chi connectivity index (χ3v) is 9.66. The van der Waals surface area contributed by atoms with Crippen molar-refractivity contribution in [1.82, 2.24) is 19.5 Å². The summed E-state index contributed by atoms with van der Waals surface area (Å²) in [6.07, 6.45) is 0. The van der Waals surface area contributed by atoms with E-state index >= 15 is 0 Å². The van der Waals surface area contributed by atoms with Crippen molar-refractivity contribution in [3.8, 4) is 73.2 Å². The van der Waals surface area contributed by atoms with Crippen molar-refractivity contribution in [2.75, 3.05) is 0 Å². The second kappa shape index (κ2) is 13.8. The Morgan fingerprint density at radius 2 is 0.818 bits per heavy atom. The molecule has 10 rings (SSSR count). The van der Waals surface area contributed by atoms with Gasteiger partial charge in [-0.25, -0.2) is 15.0 Å². The van der Waals surface area contributed by atoms with Gasteiger partial charge >= 0.3 is 0 Å². The Kier molecular flexibility index (Phi) is 6.04. The number of benzene rings is 8. The van der Waals surface area contributed by atoms with E-state index in [0.717, 1.165) is 44.2 Å². The highest BCUT2D eigenvalue weighted by molar-refractivity contribution is 6.13. The summed E-state index contributed by atoms with van der Waals surface area (Å²) in [7, 11) is 0. The predicted octanol–water partition coefficient (Wildman–Crippen LogP) is 13.0. The monoisotopic (exact) mass is 711 g/mol. The van der Waals surface area contributed by atoms with Gasteiger partial charge in [-0.2, -0.15) is 0 Å². The quantitative estimate of drug-likeness (QED) is 0.165. The zero-order valence-corrected chi connectivity index (χ0v) is 29.2. The van der Waals surface area contributed by atoms with Crippen LogP contribution in [0.4, 0.5) is 0 Å². The van der Waals surface area contributed by atoms with Gasteiger partial charge in [-0.3, -0.25) is 0 Å². The van der Waals surface area contributed by atoms with Gasteiger partial charge in [0.15, 0.2) is 17.5 Å². The van der Waals surface area contributed by atoms with E-state index in [2.05, 4.69) is 36.4 Å². The molecule has 0 aliphatic heterocycles. The van der Waals surface area contributed by atoms with Gasteiger partial charge in [-0.15, -0.1) is 0 Å². The van der Waals surface area contributed by atoms with Crippen LogP contribution in [0.2, 0.25) is 0 Å². The molecule has 0 radical (unpaired) electrons. The zero-order chi connectivity index (χ0) is 44.4. The van der Waals surface area contributed by atoms with E-state index in [1.165, 1.54) is 0 Å². The van der Waals surface area contributed by atoms with E-state index in [0.29, 0.717) is 34.1 Å². The van der Waals surface area contributed by atoms with Gasteiger partial charge in [0, 0.05) is 33.2 Å². The Morgan fingerprint density at radius 1 is 0.345 bits per heavy atom. The summed E-state index contributed by atoms with van der Waals surface area (Å²) in [5.41, 5.74) is 6.63. The third-order valence-electron chi connectivity index (χ3n) is 9.66. The molecule has 0 saturated carbocycles. The van der Waals surface area contributed by atoms with Gasteiger partial charge in [0.1, 0.15) is 0 Å². The first kappa shape index (κ1) is 24.0. The van der Waals surface area contributed by atoms with Crippen molar-refractivity contribution < 1.29 is 12.3 Å². The van der Waals surface area contributed by atoms with Crippen molar-refractivity contribution in [2.45, 2.75) is 0 Å². The van der Waals surface area contributed by atoms with Crippen LogP contribution in [0.1, 0.15) is 12.3 Å². The van der Waals surface area contributed by atoms with Crippen molar-refractivity contribution >= 4 is 21.8 Å². The Balaban J connectivity index is 1.16. The Labute approximate surface area is 332 Å². The lowest BCUT2D eigenvalue weighted by molar-refractivity contribution is 1.07. The molecule has 0 unspecified atom stereocenters. The summed E-state index contributed by atoms with van der Waals surface area (Å²) < 4.78 is 80.8. The SMILES string of the molecule is [2H]c1c([2H])c([2H])c(-c2c([2H])c([2H])c(-n3c4ccccc4c4cccc(-c5nc(-c6ccccc6)nc(-c6ccc(-c7ccc(-c8ccccc8)cc7)cc6)n5)c43)c([2H])c2[2H])c([2H])c1[2H]. The maximum absolute atomic E-state index is 9.43. The third kappa shape index (κ3) is 6.06. The predicted molar refractivity (Wildman–Crippen MR) is 227 cm³/mol. The fourth-order valence-corrected chi connectivity index (χ4v) is 6.99. The van der Waals surface area contributed by atoms with Gasteiger partial charge in [0.25, 0.3) is 0 Å². The molecule has 4 heteroatoms. The first-order valence-corrected chi connectivity index (χ1v) is 17.8. The highest BCUT2D eigenvalue weighted by Gasteiger charge is 2.20. The van der Waals surface area contributed by atoms with E-state index in [1.807, 2.05) is 115 Å². The molecule has 0 amide bonds. The fourth-order valence-electron chi connectivity index (χ4n) is 6.99. The van der Waals surface area contributed by atoms with Crippen LogP contribution < -0.4 is 0 Å². The summed E-state index contributed by atoms with van der Waals surface area (Å²) in [5.74, 6) is 1.15. The Morgan fingerprint density at radius 3 is 1.45 bits per heavy atom. The molecule has 0 saturated heterocycles. The minimum Gasteiger partial charge on any atom is -0.308 e. The molecule has 0 N–H and O–H groups in total. The number of hydrogen-bond acceptors (Lipinski definition) is 3. The molecule has 0 aliphatic rings. The molecule has 258 valence electrons. The first-order chi connectivity index (χ1) is 31.0. The van der Waals surface area contributed by atoms with Crippen molar-refractivity contribution in [2.24, 2.45) is 0 Å². The lowest BCUT2D eigenvalue weighted by Crippen LogP contribution is -2.02.